The van der Waals surface area contributed by atoms with Gasteiger partial charge in [-0.15, -0.1) is 11.3 Å². The van der Waals surface area contributed by atoms with Gasteiger partial charge in [-0.05, 0) is 23.4 Å². The number of sulfone groups is 2. The Hall–Kier alpha value is -0.110. The fraction of sp³-hybridized carbons (Fsp3) is 0.556. The molecule has 17 heavy (non-hydrogen) atoms. The molecule has 0 saturated heterocycles. The Morgan fingerprint density at radius 1 is 1.24 bits per heavy atom. The molecule has 0 aliphatic carbocycles. The molecule has 0 N–H and O–H groups in total. The van der Waals surface area contributed by atoms with Gasteiger partial charge in [0.25, 0.3) is 0 Å². The lowest BCUT2D eigenvalue weighted by Crippen LogP contribution is -2.13. The molecule has 0 fully saturated rings. The van der Waals surface area contributed by atoms with E-state index in [9.17, 15) is 16.8 Å². The van der Waals surface area contributed by atoms with Gasteiger partial charge in [0.05, 0.1) is 21.6 Å². The molecular weight excluding hydrogens is 304 g/mol. The van der Waals surface area contributed by atoms with Gasteiger partial charge in [0.15, 0.2) is 9.84 Å². The second kappa shape index (κ2) is 5.69. The van der Waals surface area contributed by atoms with Gasteiger partial charge in [-0.1, -0.05) is 11.6 Å². The Morgan fingerprint density at radius 2 is 1.88 bits per heavy atom. The Morgan fingerprint density at radius 3 is 2.35 bits per heavy atom. The predicted octanol–water partition coefficient (Wildman–Crippen LogP) is 1.75. The number of rotatable bonds is 6. The summed E-state index contributed by atoms with van der Waals surface area (Å²) >= 11 is 6.98. The van der Waals surface area contributed by atoms with E-state index < -0.39 is 19.7 Å². The zero-order chi connectivity index (χ0) is 13.1. The highest BCUT2D eigenvalue weighted by Crippen LogP contribution is 2.21. The van der Waals surface area contributed by atoms with E-state index in [1.807, 2.05) is 0 Å². The van der Waals surface area contributed by atoms with E-state index in [0.29, 0.717) is 9.90 Å². The normalized spacial score (nSPS) is 12.8. The predicted molar refractivity (Wildman–Crippen MR) is 71.1 cm³/mol. The Bertz CT molecular complexity index is 571. The van der Waals surface area contributed by atoms with Crippen molar-refractivity contribution < 1.29 is 16.8 Å². The summed E-state index contributed by atoms with van der Waals surface area (Å²) in [5.41, 5.74) is 0.652. The summed E-state index contributed by atoms with van der Waals surface area (Å²) < 4.78 is 45.6. The maximum absolute atomic E-state index is 11.7. The Balaban J connectivity index is 2.52. The third-order valence-electron chi connectivity index (χ3n) is 1.98. The average Bonchev–Trinajstić information content (AvgIpc) is 2.47. The monoisotopic (exact) mass is 316 g/mol. The summed E-state index contributed by atoms with van der Waals surface area (Å²) in [6.45, 7) is 0. The van der Waals surface area contributed by atoms with Crippen LogP contribution in [-0.4, -0.2) is 34.6 Å². The van der Waals surface area contributed by atoms with Gasteiger partial charge in [-0.25, -0.2) is 16.8 Å². The molecule has 1 aromatic rings. The number of halogens is 1. The minimum Gasteiger partial charge on any atom is -0.229 e. The topological polar surface area (TPSA) is 68.3 Å². The molecule has 1 rings (SSSR count). The SMILES string of the molecule is CS(=O)(=O)CCCS(=O)(=O)Cc1csc(Cl)c1. The van der Waals surface area contributed by atoms with Crippen molar-refractivity contribution >= 4 is 42.6 Å². The molecule has 0 aromatic carbocycles. The van der Waals surface area contributed by atoms with E-state index in [4.69, 9.17) is 11.6 Å². The van der Waals surface area contributed by atoms with Crippen LogP contribution in [0.25, 0.3) is 0 Å². The van der Waals surface area contributed by atoms with E-state index in [1.54, 1.807) is 11.4 Å². The fourth-order valence-electron chi connectivity index (χ4n) is 1.29. The first kappa shape index (κ1) is 14.9. The van der Waals surface area contributed by atoms with Gasteiger partial charge in [0.1, 0.15) is 9.84 Å². The van der Waals surface area contributed by atoms with Gasteiger partial charge < -0.3 is 0 Å². The van der Waals surface area contributed by atoms with E-state index in [2.05, 4.69) is 0 Å². The van der Waals surface area contributed by atoms with Crippen molar-refractivity contribution in [3.63, 3.8) is 0 Å². The molecule has 0 aliphatic rings. The first-order chi connectivity index (χ1) is 7.68. The highest BCUT2D eigenvalue weighted by molar-refractivity contribution is 7.91. The molecule has 1 aromatic heterocycles. The smallest absolute Gasteiger partial charge is 0.154 e. The molecule has 0 unspecified atom stereocenters. The zero-order valence-corrected chi connectivity index (χ0v) is 12.4. The first-order valence-corrected chi connectivity index (χ1v) is 9.93. The van der Waals surface area contributed by atoms with E-state index in [0.717, 1.165) is 6.26 Å². The molecule has 0 radical (unpaired) electrons. The molecule has 0 spiro atoms. The number of thiophene rings is 1. The van der Waals surface area contributed by atoms with Crippen molar-refractivity contribution in [1.29, 1.82) is 0 Å². The second-order valence-corrected chi connectivity index (χ2v) is 9.82. The summed E-state index contributed by atoms with van der Waals surface area (Å²) in [6, 6.07) is 1.61. The highest BCUT2D eigenvalue weighted by atomic mass is 35.5. The minimum atomic E-state index is -3.26. The molecule has 0 saturated carbocycles. The lowest BCUT2D eigenvalue weighted by atomic mass is 10.4. The number of hydrogen-bond donors (Lipinski definition) is 0. The van der Waals surface area contributed by atoms with Gasteiger partial charge >= 0.3 is 0 Å². The molecule has 0 amide bonds. The molecule has 1 heterocycles. The van der Waals surface area contributed by atoms with Crippen LogP contribution in [0.2, 0.25) is 4.34 Å². The third-order valence-corrected chi connectivity index (χ3v) is 5.83. The third kappa shape index (κ3) is 6.40. The number of hydrogen-bond acceptors (Lipinski definition) is 5. The Labute approximate surface area is 110 Å². The molecule has 4 nitrogen and oxygen atoms in total. The van der Waals surface area contributed by atoms with Crippen molar-refractivity contribution in [3.05, 3.63) is 21.3 Å². The van der Waals surface area contributed by atoms with Gasteiger partial charge in [0, 0.05) is 6.26 Å². The summed E-state index contributed by atoms with van der Waals surface area (Å²) in [6.07, 6.45) is 1.23. The average molecular weight is 317 g/mol. The first-order valence-electron chi connectivity index (χ1n) is 4.79. The summed E-state index contributed by atoms with van der Waals surface area (Å²) in [5.74, 6) is -0.301. The minimum absolute atomic E-state index is 0.0834. The van der Waals surface area contributed by atoms with Crippen LogP contribution in [0.15, 0.2) is 11.4 Å². The summed E-state index contributed by atoms with van der Waals surface area (Å²) in [4.78, 5) is 0. The van der Waals surface area contributed by atoms with Crippen LogP contribution < -0.4 is 0 Å². The molecule has 0 aliphatic heterocycles. The van der Waals surface area contributed by atoms with Crippen LogP contribution in [0.3, 0.4) is 0 Å². The van der Waals surface area contributed by atoms with Crippen LogP contribution >= 0.6 is 22.9 Å². The van der Waals surface area contributed by atoms with Crippen molar-refractivity contribution in [3.8, 4) is 0 Å². The second-order valence-electron chi connectivity index (χ2n) is 3.83. The Kier molecular flexibility index (Phi) is 5.00. The van der Waals surface area contributed by atoms with Gasteiger partial charge in [-0.2, -0.15) is 0 Å². The largest absolute Gasteiger partial charge is 0.229 e. The highest BCUT2D eigenvalue weighted by Gasteiger charge is 2.14. The zero-order valence-electron chi connectivity index (χ0n) is 9.22. The van der Waals surface area contributed by atoms with E-state index in [1.165, 1.54) is 11.3 Å². The molecular formula is C9H13ClO4S3. The maximum Gasteiger partial charge on any atom is 0.154 e. The standard InChI is InChI=1S/C9H13ClO4S3/c1-16(11,12)3-2-4-17(13,14)7-8-5-9(10)15-6-8/h5-6H,2-4,7H2,1H3. The van der Waals surface area contributed by atoms with E-state index in [-0.39, 0.29) is 23.7 Å². The van der Waals surface area contributed by atoms with Crippen LogP contribution in [0, 0.1) is 0 Å². The van der Waals surface area contributed by atoms with Crippen molar-refractivity contribution in [2.75, 3.05) is 17.8 Å². The lowest BCUT2D eigenvalue weighted by Gasteiger charge is -2.02. The molecule has 8 heteroatoms. The lowest BCUT2D eigenvalue weighted by molar-refractivity contribution is 0.591. The van der Waals surface area contributed by atoms with Crippen molar-refractivity contribution in [2.45, 2.75) is 12.2 Å². The maximum atomic E-state index is 11.7. The molecule has 98 valence electrons. The van der Waals surface area contributed by atoms with Crippen LogP contribution in [-0.2, 0) is 25.4 Å². The molecule has 0 atom stereocenters. The summed E-state index contributed by atoms with van der Waals surface area (Å²) in [5, 5.41) is 1.69. The summed E-state index contributed by atoms with van der Waals surface area (Å²) in [7, 11) is -6.36. The van der Waals surface area contributed by atoms with Crippen LogP contribution in [0.5, 0.6) is 0 Å². The molecule has 0 bridgehead atoms. The van der Waals surface area contributed by atoms with Gasteiger partial charge in [0.2, 0.25) is 0 Å². The van der Waals surface area contributed by atoms with Gasteiger partial charge in [-0.3, -0.25) is 0 Å². The quantitative estimate of drug-likeness (QED) is 0.802. The van der Waals surface area contributed by atoms with Crippen molar-refractivity contribution in [2.24, 2.45) is 0 Å². The van der Waals surface area contributed by atoms with E-state index >= 15 is 0 Å². The fourth-order valence-corrected chi connectivity index (χ4v) is 4.56. The van der Waals surface area contributed by atoms with Crippen LogP contribution in [0.4, 0.5) is 0 Å². The van der Waals surface area contributed by atoms with Crippen LogP contribution in [0.1, 0.15) is 12.0 Å². The van der Waals surface area contributed by atoms with Crippen molar-refractivity contribution in [1.82, 2.24) is 0 Å².